The van der Waals surface area contributed by atoms with Crippen molar-refractivity contribution in [3.63, 3.8) is 0 Å². The van der Waals surface area contributed by atoms with Crippen molar-refractivity contribution in [2.45, 2.75) is 25.8 Å². The Morgan fingerprint density at radius 3 is 2.75 bits per heavy atom. The lowest BCUT2D eigenvalue weighted by Crippen LogP contribution is -2.34. The molecule has 1 rings (SSSR count). The van der Waals surface area contributed by atoms with Gasteiger partial charge in [-0.3, -0.25) is 0 Å². The Morgan fingerprint density at radius 1 is 1.38 bits per heavy atom. The van der Waals surface area contributed by atoms with E-state index in [1.54, 1.807) is 0 Å². The molecule has 1 N–H and O–H groups in total. The third-order valence-electron chi connectivity index (χ3n) is 2.48. The highest BCUT2D eigenvalue weighted by atomic mass is 79.9. The quantitative estimate of drug-likeness (QED) is 0.824. The maximum absolute atomic E-state index is 3.61. The van der Waals surface area contributed by atoms with Gasteiger partial charge in [-0.15, -0.1) is 0 Å². The zero-order chi connectivity index (χ0) is 11.8. The molecule has 16 heavy (non-hydrogen) atoms. The Morgan fingerprint density at radius 2 is 2.12 bits per heavy atom. The van der Waals surface area contributed by atoms with E-state index in [0.717, 1.165) is 13.0 Å². The molecule has 1 unspecified atom stereocenters. The molecule has 0 fully saturated rings. The van der Waals surface area contributed by atoms with E-state index < -0.39 is 0 Å². The number of halogens is 1. The van der Waals surface area contributed by atoms with Gasteiger partial charge in [0.1, 0.15) is 0 Å². The van der Waals surface area contributed by atoms with Gasteiger partial charge < -0.3 is 5.32 Å². The number of nitrogens with one attached hydrogen (secondary N) is 1. The number of thioether (sulfide) groups is 1. The summed E-state index contributed by atoms with van der Waals surface area (Å²) in [6, 6.07) is 9.07. The highest BCUT2D eigenvalue weighted by Gasteiger charge is 2.09. The third kappa shape index (κ3) is 4.89. The Hall–Kier alpha value is 0.01000. The lowest BCUT2D eigenvalue weighted by Gasteiger charge is -2.18. The molecule has 0 bridgehead atoms. The van der Waals surface area contributed by atoms with Crippen molar-refractivity contribution in [3.8, 4) is 0 Å². The molecule has 0 aliphatic heterocycles. The normalized spacial score (nSPS) is 12.7. The van der Waals surface area contributed by atoms with Gasteiger partial charge in [0.25, 0.3) is 0 Å². The third-order valence-corrected chi connectivity index (χ3v) is 3.98. The lowest BCUT2D eigenvalue weighted by atomic mass is 10.1. The minimum atomic E-state index is 0.577. The summed E-state index contributed by atoms with van der Waals surface area (Å²) in [4.78, 5) is 0. The van der Waals surface area contributed by atoms with Gasteiger partial charge in [0.2, 0.25) is 0 Å². The number of hydrogen-bond acceptors (Lipinski definition) is 2. The van der Waals surface area contributed by atoms with Gasteiger partial charge >= 0.3 is 0 Å². The van der Waals surface area contributed by atoms with Gasteiger partial charge in [-0.1, -0.05) is 41.1 Å². The number of benzene rings is 1. The van der Waals surface area contributed by atoms with Crippen molar-refractivity contribution < 1.29 is 0 Å². The summed E-state index contributed by atoms with van der Waals surface area (Å²) in [5.41, 5.74) is 1.39. The smallest absolute Gasteiger partial charge is 0.0207 e. The van der Waals surface area contributed by atoms with Crippen LogP contribution in [-0.4, -0.2) is 24.6 Å². The lowest BCUT2D eigenvalue weighted by molar-refractivity contribution is 0.550. The van der Waals surface area contributed by atoms with Crippen LogP contribution >= 0.6 is 27.7 Å². The Kier molecular flexibility index (Phi) is 7.17. The summed E-state index contributed by atoms with van der Waals surface area (Å²) in [6.07, 6.45) is 4.46. The van der Waals surface area contributed by atoms with Crippen LogP contribution in [0.4, 0.5) is 0 Å². The fourth-order valence-corrected chi connectivity index (χ4v) is 2.75. The summed E-state index contributed by atoms with van der Waals surface area (Å²) in [6.45, 7) is 3.32. The minimum absolute atomic E-state index is 0.577. The second kappa shape index (κ2) is 8.15. The molecule has 0 aliphatic rings. The van der Waals surface area contributed by atoms with Crippen LogP contribution in [0, 0.1) is 0 Å². The van der Waals surface area contributed by atoms with E-state index in [9.17, 15) is 0 Å². The maximum atomic E-state index is 3.61. The van der Waals surface area contributed by atoms with E-state index >= 15 is 0 Å². The molecule has 3 heteroatoms. The monoisotopic (exact) mass is 301 g/mol. The molecule has 1 nitrogen and oxygen atoms in total. The molecule has 0 radical (unpaired) electrons. The van der Waals surface area contributed by atoms with Crippen molar-refractivity contribution in [1.82, 2.24) is 5.32 Å². The Balaban J connectivity index is 2.56. The predicted octanol–water partition coefficient (Wildman–Crippen LogP) is 3.72. The first-order valence-electron chi connectivity index (χ1n) is 5.73. The average molecular weight is 302 g/mol. The van der Waals surface area contributed by atoms with Crippen molar-refractivity contribution >= 4 is 27.7 Å². The first-order chi connectivity index (χ1) is 7.77. The highest BCUT2D eigenvalue weighted by molar-refractivity contribution is 9.10. The van der Waals surface area contributed by atoms with Crippen LogP contribution in [0.5, 0.6) is 0 Å². The van der Waals surface area contributed by atoms with Crippen LogP contribution < -0.4 is 5.32 Å². The van der Waals surface area contributed by atoms with Gasteiger partial charge in [-0.25, -0.2) is 0 Å². The fourth-order valence-electron chi connectivity index (χ4n) is 1.67. The van der Waals surface area contributed by atoms with Crippen molar-refractivity contribution in [1.29, 1.82) is 0 Å². The van der Waals surface area contributed by atoms with E-state index in [2.05, 4.69) is 58.7 Å². The van der Waals surface area contributed by atoms with E-state index in [1.807, 2.05) is 11.8 Å². The summed E-state index contributed by atoms with van der Waals surface area (Å²) in [5.74, 6) is 1.17. The van der Waals surface area contributed by atoms with Crippen molar-refractivity contribution in [2.75, 3.05) is 18.6 Å². The number of rotatable bonds is 7. The van der Waals surface area contributed by atoms with Crippen molar-refractivity contribution in [3.05, 3.63) is 34.3 Å². The van der Waals surface area contributed by atoms with Gasteiger partial charge in [-0.05, 0) is 37.3 Å². The molecular weight excluding hydrogens is 282 g/mol. The maximum Gasteiger partial charge on any atom is 0.0207 e. The van der Waals surface area contributed by atoms with Crippen LogP contribution in [0.25, 0.3) is 0 Å². The zero-order valence-corrected chi connectivity index (χ0v) is 12.4. The fraction of sp³-hybridized carbons (Fsp3) is 0.538. The zero-order valence-electron chi connectivity index (χ0n) is 10.0. The van der Waals surface area contributed by atoms with Gasteiger partial charge in [0.15, 0.2) is 0 Å². The molecule has 1 atom stereocenters. The van der Waals surface area contributed by atoms with Crippen LogP contribution in [0.1, 0.15) is 18.9 Å². The van der Waals surface area contributed by atoms with E-state index in [1.165, 1.54) is 22.2 Å². The van der Waals surface area contributed by atoms with E-state index in [4.69, 9.17) is 0 Å². The molecule has 0 aliphatic carbocycles. The van der Waals surface area contributed by atoms with Gasteiger partial charge in [0.05, 0.1) is 0 Å². The van der Waals surface area contributed by atoms with E-state index in [-0.39, 0.29) is 0 Å². The van der Waals surface area contributed by atoms with Crippen LogP contribution in [0.3, 0.4) is 0 Å². The molecule has 0 amide bonds. The minimum Gasteiger partial charge on any atom is -0.313 e. The topological polar surface area (TPSA) is 12.0 Å². The highest BCUT2D eigenvalue weighted by Crippen LogP contribution is 2.18. The van der Waals surface area contributed by atoms with Gasteiger partial charge in [-0.2, -0.15) is 11.8 Å². The van der Waals surface area contributed by atoms with Crippen molar-refractivity contribution in [2.24, 2.45) is 0 Å². The predicted molar refractivity (Wildman–Crippen MR) is 78.3 cm³/mol. The molecule has 0 aromatic heterocycles. The molecule has 0 heterocycles. The van der Waals surface area contributed by atoms with Crippen LogP contribution in [0.2, 0.25) is 0 Å². The van der Waals surface area contributed by atoms with Gasteiger partial charge in [0, 0.05) is 16.3 Å². The number of hydrogen-bond donors (Lipinski definition) is 1. The summed E-state index contributed by atoms with van der Waals surface area (Å²) in [5, 5.41) is 3.60. The Labute approximate surface area is 112 Å². The van der Waals surface area contributed by atoms with Crippen LogP contribution in [-0.2, 0) is 6.42 Å². The molecule has 0 saturated heterocycles. The first kappa shape index (κ1) is 14.1. The second-order valence-corrected chi connectivity index (χ2v) is 5.67. The van der Waals surface area contributed by atoms with Crippen LogP contribution in [0.15, 0.2) is 28.7 Å². The average Bonchev–Trinajstić information content (AvgIpc) is 2.29. The largest absolute Gasteiger partial charge is 0.313 e. The summed E-state index contributed by atoms with van der Waals surface area (Å²) >= 11 is 5.52. The molecule has 1 aromatic rings. The molecule has 90 valence electrons. The van der Waals surface area contributed by atoms with E-state index in [0.29, 0.717) is 6.04 Å². The molecule has 0 spiro atoms. The second-order valence-electron chi connectivity index (χ2n) is 3.90. The Bertz CT molecular complexity index is 304. The molecular formula is C13H20BrNS. The SMILES string of the molecule is CCCNC(CSC)Cc1ccccc1Br. The molecule has 1 aromatic carbocycles. The molecule has 0 saturated carbocycles. The standard InChI is InChI=1S/C13H20BrNS/c1-3-8-15-12(10-16-2)9-11-6-4-5-7-13(11)14/h4-7,12,15H,3,8-10H2,1-2H3. The first-order valence-corrected chi connectivity index (χ1v) is 7.92. The summed E-state index contributed by atoms with van der Waals surface area (Å²) in [7, 11) is 0. The summed E-state index contributed by atoms with van der Waals surface area (Å²) < 4.78 is 1.22.